The Kier molecular flexibility index (Phi) is 3.45. The molecule has 0 unspecified atom stereocenters. The van der Waals surface area contributed by atoms with Crippen molar-refractivity contribution in [2.45, 2.75) is 25.4 Å². The van der Waals surface area contributed by atoms with Gasteiger partial charge >= 0.3 is 0 Å². The van der Waals surface area contributed by atoms with Crippen LogP contribution in [-0.2, 0) is 11.3 Å². The summed E-state index contributed by atoms with van der Waals surface area (Å²) in [5.74, 6) is 0.378. The van der Waals surface area contributed by atoms with Crippen LogP contribution in [0.1, 0.15) is 33.6 Å². The monoisotopic (exact) mass is 326 g/mol. The van der Waals surface area contributed by atoms with Crippen molar-refractivity contribution in [2.75, 3.05) is 13.1 Å². The minimum atomic E-state index is 0.0726. The third-order valence-corrected chi connectivity index (χ3v) is 5.78. The third-order valence-electron chi connectivity index (χ3n) is 4.92. The van der Waals surface area contributed by atoms with Crippen LogP contribution in [0.25, 0.3) is 0 Å². The molecule has 1 aromatic carbocycles. The summed E-state index contributed by atoms with van der Waals surface area (Å²) in [6.07, 6.45) is 0. The van der Waals surface area contributed by atoms with Crippen molar-refractivity contribution in [1.82, 2.24) is 9.80 Å². The van der Waals surface area contributed by atoms with E-state index in [4.69, 9.17) is 0 Å². The molecule has 2 aliphatic heterocycles. The molecule has 0 saturated carbocycles. The smallest absolute Gasteiger partial charge is 0.264 e. The van der Waals surface area contributed by atoms with E-state index >= 15 is 0 Å². The number of rotatable bonds is 1. The molecule has 0 bridgehead atoms. The summed E-state index contributed by atoms with van der Waals surface area (Å²) in [6, 6.07) is 12.2. The van der Waals surface area contributed by atoms with Crippen LogP contribution >= 0.6 is 11.3 Å². The number of thiophene rings is 1. The number of carbonyl (C=O) groups excluding carboxylic acids is 2. The second kappa shape index (κ2) is 5.49. The van der Waals surface area contributed by atoms with Crippen LogP contribution in [0.5, 0.6) is 0 Å². The summed E-state index contributed by atoms with van der Waals surface area (Å²) >= 11 is 1.48. The first-order chi connectivity index (χ1) is 11.1. The van der Waals surface area contributed by atoms with E-state index in [0.29, 0.717) is 19.6 Å². The van der Waals surface area contributed by atoms with Gasteiger partial charge in [0.2, 0.25) is 5.91 Å². The molecule has 2 aliphatic rings. The van der Waals surface area contributed by atoms with Crippen LogP contribution in [-0.4, -0.2) is 40.7 Å². The van der Waals surface area contributed by atoms with Crippen molar-refractivity contribution >= 4 is 23.2 Å². The summed E-state index contributed by atoms with van der Waals surface area (Å²) in [4.78, 5) is 29.3. The standard InChI is InChI=1S/C18H18N2O2S/c1-12(21)19-10-15-14-6-3-2-5-13(14)9-20(16(15)11-19)18(22)17-7-4-8-23-17/h2-8,15-16H,9-11H2,1H3/t15-,16-/m0/s1. The summed E-state index contributed by atoms with van der Waals surface area (Å²) < 4.78 is 0. The minimum Gasteiger partial charge on any atom is -0.340 e. The molecular weight excluding hydrogens is 308 g/mol. The Hall–Kier alpha value is -2.14. The van der Waals surface area contributed by atoms with Crippen LogP contribution in [0, 0.1) is 0 Å². The number of nitrogens with zero attached hydrogens (tertiary/aromatic N) is 2. The zero-order chi connectivity index (χ0) is 16.0. The van der Waals surface area contributed by atoms with Crippen molar-refractivity contribution in [3.8, 4) is 0 Å². The number of hydrogen-bond donors (Lipinski definition) is 0. The highest BCUT2D eigenvalue weighted by molar-refractivity contribution is 7.12. The Bertz CT molecular complexity index is 756. The van der Waals surface area contributed by atoms with E-state index in [1.54, 1.807) is 6.92 Å². The average Bonchev–Trinajstić information content (AvgIpc) is 3.23. The van der Waals surface area contributed by atoms with Gasteiger partial charge in [-0.3, -0.25) is 9.59 Å². The van der Waals surface area contributed by atoms with Crippen molar-refractivity contribution in [1.29, 1.82) is 0 Å². The lowest BCUT2D eigenvalue weighted by atomic mass is 9.85. The van der Waals surface area contributed by atoms with E-state index in [0.717, 1.165) is 4.88 Å². The summed E-state index contributed by atoms with van der Waals surface area (Å²) in [5, 5.41) is 1.93. The molecule has 3 heterocycles. The first-order valence-corrected chi connectivity index (χ1v) is 8.71. The first-order valence-electron chi connectivity index (χ1n) is 7.83. The Balaban J connectivity index is 1.73. The molecule has 1 aromatic heterocycles. The fraction of sp³-hybridized carbons (Fsp3) is 0.333. The highest BCUT2D eigenvalue weighted by Crippen LogP contribution is 2.39. The van der Waals surface area contributed by atoms with Gasteiger partial charge < -0.3 is 9.80 Å². The largest absolute Gasteiger partial charge is 0.340 e. The zero-order valence-electron chi connectivity index (χ0n) is 12.9. The van der Waals surface area contributed by atoms with Crippen LogP contribution in [0.3, 0.4) is 0 Å². The van der Waals surface area contributed by atoms with E-state index in [-0.39, 0.29) is 23.8 Å². The predicted molar refractivity (Wildman–Crippen MR) is 89.4 cm³/mol. The van der Waals surface area contributed by atoms with Gasteiger partial charge in [-0.15, -0.1) is 11.3 Å². The van der Waals surface area contributed by atoms with E-state index in [2.05, 4.69) is 12.1 Å². The third kappa shape index (κ3) is 2.36. The molecular formula is C18H18N2O2S. The van der Waals surface area contributed by atoms with Gasteiger partial charge in [0, 0.05) is 32.5 Å². The zero-order valence-corrected chi connectivity index (χ0v) is 13.8. The topological polar surface area (TPSA) is 40.6 Å². The van der Waals surface area contributed by atoms with E-state index in [1.165, 1.54) is 22.5 Å². The maximum absolute atomic E-state index is 12.9. The molecule has 0 spiro atoms. The van der Waals surface area contributed by atoms with Gasteiger partial charge in [0.1, 0.15) is 0 Å². The molecule has 2 aromatic rings. The lowest BCUT2D eigenvalue weighted by molar-refractivity contribution is -0.128. The van der Waals surface area contributed by atoms with Gasteiger partial charge in [0.15, 0.2) is 0 Å². The van der Waals surface area contributed by atoms with Crippen molar-refractivity contribution in [2.24, 2.45) is 0 Å². The van der Waals surface area contributed by atoms with E-state index in [1.807, 2.05) is 39.4 Å². The van der Waals surface area contributed by atoms with Gasteiger partial charge in [0.25, 0.3) is 5.91 Å². The SMILES string of the molecule is CC(=O)N1C[C@H]2c3ccccc3CN(C(=O)c3cccs3)[C@H]2C1. The van der Waals surface area contributed by atoms with Crippen molar-refractivity contribution in [3.63, 3.8) is 0 Å². The molecule has 118 valence electrons. The molecule has 0 N–H and O–H groups in total. The van der Waals surface area contributed by atoms with Gasteiger partial charge in [-0.25, -0.2) is 0 Å². The molecule has 1 fully saturated rings. The fourth-order valence-corrected chi connectivity index (χ4v) is 4.45. The number of benzene rings is 1. The lowest BCUT2D eigenvalue weighted by Gasteiger charge is -2.38. The Morgan fingerprint density at radius 2 is 1.96 bits per heavy atom. The molecule has 0 radical (unpaired) electrons. The van der Waals surface area contributed by atoms with Gasteiger partial charge in [0.05, 0.1) is 10.9 Å². The molecule has 2 atom stereocenters. The Morgan fingerprint density at radius 3 is 2.70 bits per heavy atom. The molecule has 5 heteroatoms. The summed E-state index contributed by atoms with van der Waals surface area (Å²) in [6.45, 7) is 3.56. The van der Waals surface area contributed by atoms with Crippen molar-refractivity contribution < 1.29 is 9.59 Å². The quantitative estimate of drug-likeness (QED) is 0.808. The van der Waals surface area contributed by atoms with Gasteiger partial charge in [-0.05, 0) is 22.6 Å². The highest BCUT2D eigenvalue weighted by Gasteiger charge is 2.44. The maximum Gasteiger partial charge on any atom is 0.264 e. The summed E-state index contributed by atoms with van der Waals surface area (Å²) in [7, 11) is 0. The Labute approximate surface area is 139 Å². The van der Waals surface area contributed by atoms with E-state index < -0.39 is 0 Å². The van der Waals surface area contributed by atoms with Crippen LogP contribution in [0.2, 0.25) is 0 Å². The number of hydrogen-bond acceptors (Lipinski definition) is 3. The van der Waals surface area contributed by atoms with Crippen molar-refractivity contribution in [3.05, 3.63) is 57.8 Å². The lowest BCUT2D eigenvalue weighted by Crippen LogP contribution is -2.46. The number of fused-ring (bicyclic) bond motifs is 3. The predicted octanol–water partition coefficient (Wildman–Crippen LogP) is 2.72. The Morgan fingerprint density at radius 1 is 1.13 bits per heavy atom. The first kappa shape index (κ1) is 14.5. The van der Waals surface area contributed by atoms with Crippen LogP contribution in [0.15, 0.2) is 41.8 Å². The number of likely N-dealkylation sites (tertiary alicyclic amines) is 1. The normalized spacial score (nSPS) is 22.7. The van der Waals surface area contributed by atoms with E-state index in [9.17, 15) is 9.59 Å². The second-order valence-corrected chi connectivity index (χ2v) is 7.15. The van der Waals surface area contributed by atoms with Gasteiger partial charge in [-0.1, -0.05) is 30.3 Å². The molecule has 4 nitrogen and oxygen atoms in total. The second-order valence-electron chi connectivity index (χ2n) is 6.21. The molecule has 0 aliphatic carbocycles. The molecule has 4 rings (SSSR count). The minimum absolute atomic E-state index is 0.0726. The number of carbonyl (C=O) groups is 2. The highest BCUT2D eigenvalue weighted by atomic mass is 32.1. The van der Waals surface area contributed by atoms with Crippen LogP contribution in [0.4, 0.5) is 0 Å². The van der Waals surface area contributed by atoms with Crippen LogP contribution < -0.4 is 0 Å². The average molecular weight is 326 g/mol. The van der Waals surface area contributed by atoms with Gasteiger partial charge in [-0.2, -0.15) is 0 Å². The molecule has 23 heavy (non-hydrogen) atoms. The maximum atomic E-state index is 12.9. The number of amides is 2. The molecule has 1 saturated heterocycles. The molecule has 2 amide bonds. The summed E-state index contributed by atoms with van der Waals surface area (Å²) in [5.41, 5.74) is 2.49. The fourth-order valence-electron chi connectivity index (χ4n) is 3.77.